The van der Waals surface area contributed by atoms with Gasteiger partial charge in [-0.1, -0.05) is 124 Å². The van der Waals surface area contributed by atoms with Gasteiger partial charge in [0.25, 0.3) is 0 Å². The summed E-state index contributed by atoms with van der Waals surface area (Å²) in [6.07, 6.45) is 0. The van der Waals surface area contributed by atoms with E-state index in [-0.39, 0.29) is 11.3 Å². The van der Waals surface area contributed by atoms with Gasteiger partial charge in [0.1, 0.15) is 0 Å². The Morgan fingerprint density at radius 3 is 1.82 bits per heavy atom. The molecule has 4 aromatic carbocycles. The molecular weight excluding hydrogens is 486 g/mol. The Bertz CT molecular complexity index is 1300. The molecule has 0 aliphatic heterocycles. The van der Waals surface area contributed by atoms with Gasteiger partial charge in [-0.3, -0.25) is 0 Å². The molecule has 0 heterocycles. The molecule has 4 rings (SSSR count). The Morgan fingerprint density at radius 1 is 0.789 bits per heavy atom. The van der Waals surface area contributed by atoms with Crippen molar-refractivity contribution >= 4 is 23.4 Å². The smallest absolute Gasteiger partial charge is 0.332 e. The van der Waals surface area contributed by atoms with Crippen molar-refractivity contribution in [2.75, 3.05) is 4.90 Å². The van der Waals surface area contributed by atoms with E-state index >= 15 is 0 Å². The van der Waals surface area contributed by atoms with Gasteiger partial charge < -0.3 is 10.0 Å². The number of hydrogen-bond acceptors (Lipinski definition) is 3. The van der Waals surface area contributed by atoms with Gasteiger partial charge in [-0.05, 0) is 51.8 Å². The van der Waals surface area contributed by atoms with Crippen molar-refractivity contribution < 1.29 is 9.90 Å². The highest BCUT2D eigenvalue weighted by molar-refractivity contribution is 8.02. The van der Waals surface area contributed by atoms with E-state index in [2.05, 4.69) is 98.5 Å². The summed E-state index contributed by atoms with van der Waals surface area (Å²) in [6.45, 7) is 7.84. The van der Waals surface area contributed by atoms with Crippen molar-refractivity contribution in [2.24, 2.45) is 5.41 Å². The van der Waals surface area contributed by atoms with Crippen molar-refractivity contribution in [2.45, 2.75) is 44.7 Å². The van der Waals surface area contributed by atoms with Crippen LogP contribution in [0.1, 0.15) is 43.4 Å². The Balaban J connectivity index is 1.73. The van der Waals surface area contributed by atoms with E-state index in [1.165, 1.54) is 22.9 Å². The third-order valence-electron chi connectivity index (χ3n) is 6.49. The summed E-state index contributed by atoms with van der Waals surface area (Å²) in [5.41, 5.74) is 4.64. The van der Waals surface area contributed by atoms with E-state index in [9.17, 15) is 9.90 Å². The molecule has 194 valence electrons. The average molecular weight is 522 g/mol. The molecule has 0 aromatic heterocycles. The van der Waals surface area contributed by atoms with Gasteiger partial charge in [0.05, 0.1) is 5.57 Å². The molecule has 38 heavy (non-hydrogen) atoms. The predicted octanol–water partition coefficient (Wildman–Crippen LogP) is 8.78. The third-order valence-corrected chi connectivity index (χ3v) is 7.41. The van der Waals surface area contributed by atoms with Crippen LogP contribution in [0.15, 0.2) is 131 Å². The first kappa shape index (κ1) is 27.3. The van der Waals surface area contributed by atoms with Crippen molar-refractivity contribution in [3.8, 4) is 0 Å². The summed E-state index contributed by atoms with van der Waals surface area (Å²) in [5.74, 6) is -1.17. The molecular formula is C34H35NO2S. The monoisotopic (exact) mass is 521 g/mol. The van der Waals surface area contributed by atoms with Gasteiger partial charge >= 0.3 is 5.97 Å². The predicted molar refractivity (Wildman–Crippen MR) is 159 cm³/mol. The number of anilines is 1. The molecule has 0 radical (unpaired) electrons. The summed E-state index contributed by atoms with van der Waals surface area (Å²) in [7, 11) is 0. The van der Waals surface area contributed by atoms with Crippen LogP contribution in [0.25, 0.3) is 0 Å². The van der Waals surface area contributed by atoms with Crippen molar-refractivity contribution in [1.29, 1.82) is 0 Å². The summed E-state index contributed by atoms with van der Waals surface area (Å²) < 4.78 is 0. The fourth-order valence-electron chi connectivity index (χ4n) is 4.77. The molecule has 0 aliphatic rings. The highest BCUT2D eigenvalue weighted by atomic mass is 32.2. The quantitative estimate of drug-likeness (QED) is 0.167. The largest absolute Gasteiger partial charge is 0.478 e. The summed E-state index contributed by atoms with van der Waals surface area (Å²) in [6, 6.07) is 39.2. The topological polar surface area (TPSA) is 40.5 Å². The van der Waals surface area contributed by atoms with E-state index in [0.29, 0.717) is 5.57 Å². The molecule has 4 heteroatoms. The van der Waals surface area contributed by atoms with E-state index < -0.39 is 5.97 Å². The molecule has 1 N–H and O–H groups in total. The number of carboxylic acids is 1. The van der Waals surface area contributed by atoms with Gasteiger partial charge in [0.15, 0.2) is 0 Å². The van der Waals surface area contributed by atoms with Crippen LogP contribution >= 0.6 is 11.8 Å². The molecule has 4 aromatic rings. The second-order valence-corrected chi connectivity index (χ2v) is 11.5. The average Bonchev–Trinajstić information content (AvgIpc) is 2.91. The van der Waals surface area contributed by atoms with Crippen LogP contribution in [0, 0.1) is 5.41 Å². The number of hydrogen-bond donors (Lipinski definition) is 1. The van der Waals surface area contributed by atoms with Crippen LogP contribution in [0.2, 0.25) is 0 Å². The molecule has 0 fully saturated rings. The number of benzene rings is 4. The lowest BCUT2D eigenvalue weighted by molar-refractivity contribution is -0.133. The van der Waals surface area contributed by atoms with Crippen molar-refractivity contribution in [3.05, 3.63) is 143 Å². The molecule has 0 saturated heterocycles. The number of carboxylic acid groups (broad SMARTS) is 1. The summed E-state index contributed by atoms with van der Waals surface area (Å²) in [5, 5.41) is 12.1. The third kappa shape index (κ3) is 7.39. The fourth-order valence-corrected chi connectivity index (χ4v) is 5.58. The zero-order valence-corrected chi connectivity index (χ0v) is 23.1. The summed E-state index contributed by atoms with van der Waals surface area (Å²) in [4.78, 5) is 16.0. The minimum absolute atomic E-state index is 0.286. The Kier molecular flexibility index (Phi) is 9.09. The highest BCUT2D eigenvalue weighted by Crippen LogP contribution is 2.43. The maximum absolute atomic E-state index is 12.6. The molecule has 0 amide bonds. The molecule has 0 bridgehead atoms. The van der Waals surface area contributed by atoms with Crippen LogP contribution < -0.4 is 4.90 Å². The Labute approximate surface area is 230 Å². The zero-order valence-electron chi connectivity index (χ0n) is 22.2. The molecule has 1 atom stereocenters. The number of aliphatic carboxylic acids is 1. The number of nitrogens with zero attached hydrogens (tertiary/aromatic N) is 1. The fraction of sp³-hybridized carbons (Fsp3) is 0.206. The zero-order chi connectivity index (χ0) is 27.0. The SMILES string of the molecule is CC(C)(C)[C@H](/C(=C\Sc1ccccc1)C(=O)O)c1cccc(N(Cc2ccccc2)Cc2ccccc2)c1. The van der Waals surface area contributed by atoms with E-state index in [4.69, 9.17) is 0 Å². The molecule has 3 nitrogen and oxygen atoms in total. The van der Waals surface area contributed by atoms with Crippen LogP contribution in [0.4, 0.5) is 5.69 Å². The van der Waals surface area contributed by atoms with E-state index in [1.54, 1.807) is 0 Å². The molecule has 0 saturated carbocycles. The maximum atomic E-state index is 12.6. The van der Waals surface area contributed by atoms with Crippen LogP contribution in [0.5, 0.6) is 0 Å². The van der Waals surface area contributed by atoms with Crippen LogP contribution in [-0.4, -0.2) is 11.1 Å². The first-order valence-electron chi connectivity index (χ1n) is 12.9. The van der Waals surface area contributed by atoms with Crippen LogP contribution in [-0.2, 0) is 17.9 Å². The normalized spacial score (nSPS) is 12.7. The Morgan fingerprint density at radius 2 is 1.32 bits per heavy atom. The van der Waals surface area contributed by atoms with Crippen molar-refractivity contribution in [1.82, 2.24) is 0 Å². The van der Waals surface area contributed by atoms with E-state index in [0.717, 1.165) is 29.2 Å². The van der Waals surface area contributed by atoms with Gasteiger partial charge in [0, 0.05) is 29.6 Å². The van der Waals surface area contributed by atoms with Gasteiger partial charge in [0.2, 0.25) is 0 Å². The molecule has 0 aliphatic carbocycles. The highest BCUT2D eigenvalue weighted by Gasteiger charge is 2.33. The first-order chi connectivity index (χ1) is 18.3. The lowest BCUT2D eigenvalue weighted by Gasteiger charge is -2.33. The number of rotatable bonds is 10. The Hall–Kier alpha value is -3.76. The number of carbonyl (C=O) groups is 1. The van der Waals surface area contributed by atoms with Gasteiger partial charge in [-0.15, -0.1) is 0 Å². The van der Waals surface area contributed by atoms with Crippen molar-refractivity contribution in [3.63, 3.8) is 0 Å². The lowest BCUT2D eigenvalue weighted by atomic mass is 9.72. The molecule has 0 spiro atoms. The van der Waals surface area contributed by atoms with Gasteiger partial charge in [-0.2, -0.15) is 0 Å². The van der Waals surface area contributed by atoms with Gasteiger partial charge in [-0.25, -0.2) is 4.79 Å². The first-order valence-corrected chi connectivity index (χ1v) is 13.8. The van der Waals surface area contributed by atoms with E-state index in [1.807, 2.05) is 47.9 Å². The second-order valence-electron chi connectivity index (χ2n) is 10.5. The number of thioether (sulfide) groups is 1. The minimum Gasteiger partial charge on any atom is -0.478 e. The minimum atomic E-state index is -0.885. The molecule has 0 unspecified atom stereocenters. The second kappa shape index (κ2) is 12.7. The van der Waals surface area contributed by atoms with Crippen LogP contribution in [0.3, 0.4) is 0 Å². The standard InChI is InChI=1S/C34H35NO2S/c1-34(2,3)32(31(33(36)37)25-38-30-20-11-6-12-21-30)28-18-13-19-29(22-28)35(23-26-14-7-4-8-15-26)24-27-16-9-5-10-17-27/h4-22,25,32H,23-24H2,1-3H3,(H,36,37)/b31-25+/t32-/m0/s1. The lowest BCUT2D eigenvalue weighted by Crippen LogP contribution is -2.26. The summed E-state index contributed by atoms with van der Waals surface area (Å²) >= 11 is 1.46. The maximum Gasteiger partial charge on any atom is 0.332 e.